The second-order valence-electron chi connectivity index (χ2n) is 6.65. The molecule has 1 aromatic carbocycles. The van der Waals surface area contributed by atoms with Crippen LogP contribution in [0.15, 0.2) is 47.4 Å². The summed E-state index contributed by atoms with van der Waals surface area (Å²) in [6, 6.07) is 11.2. The second-order valence-corrected chi connectivity index (χ2v) is 9.26. The van der Waals surface area contributed by atoms with Gasteiger partial charge in [-0.2, -0.15) is 4.98 Å². The molecule has 1 saturated heterocycles. The molecule has 0 spiro atoms. The first-order valence-corrected chi connectivity index (χ1v) is 10.6. The molecule has 3 atom stereocenters. The highest BCUT2D eigenvalue weighted by atomic mass is 31.2. The van der Waals surface area contributed by atoms with Gasteiger partial charge in [0.15, 0.2) is 5.85 Å². The Morgan fingerprint density at radius 1 is 1.33 bits per heavy atom. The van der Waals surface area contributed by atoms with Crippen molar-refractivity contribution < 1.29 is 18.6 Å². The molecule has 146 valence electrons. The van der Waals surface area contributed by atoms with E-state index in [1.165, 1.54) is 16.8 Å². The lowest BCUT2D eigenvalue weighted by Gasteiger charge is -2.21. The molecule has 2 heterocycles. The molecule has 2 aromatic rings. The van der Waals surface area contributed by atoms with Gasteiger partial charge in [-0.15, -0.1) is 0 Å². The zero-order valence-electron chi connectivity index (χ0n) is 15.4. The molecule has 1 aliphatic rings. The molecule has 2 N–H and O–H groups in total. The maximum Gasteiger partial charge on any atom is 0.351 e. The highest BCUT2D eigenvalue weighted by Gasteiger charge is 2.47. The Morgan fingerprint density at radius 3 is 2.74 bits per heavy atom. The Labute approximate surface area is 157 Å². The van der Waals surface area contributed by atoms with Crippen molar-refractivity contribution in [3.05, 3.63) is 58.6 Å². The molecule has 0 bridgehead atoms. The standard InChI is InChI=1S/C18H24N3O5P/c1-13(2)26-27(23)12-16(21-9-8-15(19)20-18(21)22)25-17(27)11-24-10-14-6-4-3-5-7-14/h3-9,13,16-17H,10-12H2,1-2H3,(H2,19,20,22)/t16-,17+,27?/m1/s1. The van der Waals surface area contributed by atoms with Crippen LogP contribution in [0.5, 0.6) is 0 Å². The van der Waals surface area contributed by atoms with Crippen molar-refractivity contribution in [2.45, 2.75) is 38.6 Å². The first kappa shape index (κ1) is 19.8. The number of benzene rings is 1. The number of nitrogens with zero attached hydrogens (tertiary/aromatic N) is 2. The molecule has 1 unspecified atom stereocenters. The normalized spacial score (nSPS) is 25.1. The lowest BCUT2D eigenvalue weighted by atomic mass is 10.2. The topological polar surface area (TPSA) is 106 Å². The van der Waals surface area contributed by atoms with Gasteiger partial charge in [-0.3, -0.25) is 9.13 Å². The third kappa shape index (κ3) is 4.84. The van der Waals surface area contributed by atoms with Crippen LogP contribution >= 0.6 is 7.37 Å². The van der Waals surface area contributed by atoms with Crippen molar-refractivity contribution >= 4 is 13.2 Å². The van der Waals surface area contributed by atoms with E-state index in [4.69, 9.17) is 19.7 Å². The van der Waals surface area contributed by atoms with E-state index in [-0.39, 0.29) is 24.7 Å². The first-order valence-electron chi connectivity index (χ1n) is 8.76. The van der Waals surface area contributed by atoms with Crippen LogP contribution in [0.1, 0.15) is 25.6 Å². The summed E-state index contributed by atoms with van der Waals surface area (Å²) in [7, 11) is -3.18. The van der Waals surface area contributed by atoms with Gasteiger partial charge >= 0.3 is 5.69 Å². The Kier molecular flexibility index (Phi) is 6.11. The predicted molar refractivity (Wildman–Crippen MR) is 102 cm³/mol. The van der Waals surface area contributed by atoms with Crippen LogP contribution in [0.4, 0.5) is 5.82 Å². The summed E-state index contributed by atoms with van der Waals surface area (Å²) in [6.07, 6.45) is 0.592. The van der Waals surface area contributed by atoms with Gasteiger partial charge in [0.05, 0.1) is 25.5 Å². The molecule has 1 aliphatic heterocycles. The predicted octanol–water partition coefficient (Wildman–Crippen LogP) is 2.60. The van der Waals surface area contributed by atoms with Gasteiger partial charge in [-0.25, -0.2) is 4.79 Å². The van der Waals surface area contributed by atoms with Crippen LogP contribution in [0.3, 0.4) is 0 Å². The Balaban J connectivity index is 1.73. The second kappa shape index (κ2) is 8.35. The number of aromatic nitrogens is 2. The average molecular weight is 393 g/mol. The third-order valence-corrected chi connectivity index (χ3v) is 6.83. The maximum absolute atomic E-state index is 13.4. The Hall–Kier alpha value is -1.99. The molecular weight excluding hydrogens is 369 g/mol. The summed E-state index contributed by atoms with van der Waals surface area (Å²) < 4.78 is 32.0. The lowest BCUT2D eigenvalue weighted by Crippen LogP contribution is -2.28. The van der Waals surface area contributed by atoms with E-state index >= 15 is 0 Å². The zero-order valence-corrected chi connectivity index (χ0v) is 16.2. The minimum Gasteiger partial charge on any atom is -0.383 e. The van der Waals surface area contributed by atoms with Crippen LogP contribution in [-0.2, 0) is 25.2 Å². The molecule has 0 radical (unpaired) electrons. The molecule has 0 aliphatic carbocycles. The third-order valence-electron chi connectivity index (χ3n) is 4.09. The van der Waals surface area contributed by atoms with Crippen molar-refractivity contribution in [1.82, 2.24) is 9.55 Å². The SMILES string of the molecule is CC(C)OP1(=O)C[C@H](n2ccc(N)nc2=O)O[C@@H]1COCc1ccccc1. The number of rotatable bonds is 7. The number of hydrogen-bond donors (Lipinski definition) is 1. The molecule has 9 heteroatoms. The van der Waals surface area contributed by atoms with E-state index in [9.17, 15) is 9.36 Å². The number of anilines is 1. The van der Waals surface area contributed by atoms with Crippen LogP contribution in [-0.4, -0.2) is 34.3 Å². The van der Waals surface area contributed by atoms with Crippen molar-refractivity contribution in [3.8, 4) is 0 Å². The van der Waals surface area contributed by atoms with Crippen molar-refractivity contribution in [3.63, 3.8) is 0 Å². The van der Waals surface area contributed by atoms with Crippen LogP contribution in [0, 0.1) is 0 Å². The Bertz CT molecular complexity index is 871. The minimum atomic E-state index is -3.18. The fourth-order valence-corrected chi connectivity index (χ4v) is 5.45. The smallest absolute Gasteiger partial charge is 0.351 e. The monoisotopic (exact) mass is 393 g/mol. The summed E-state index contributed by atoms with van der Waals surface area (Å²) in [6.45, 7) is 4.10. The van der Waals surface area contributed by atoms with Crippen LogP contribution in [0.25, 0.3) is 0 Å². The van der Waals surface area contributed by atoms with Crippen LogP contribution < -0.4 is 11.4 Å². The Morgan fingerprint density at radius 2 is 2.07 bits per heavy atom. The molecule has 1 fully saturated rings. The summed E-state index contributed by atoms with van der Waals surface area (Å²) in [4.78, 5) is 15.8. The fourth-order valence-electron chi connectivity index (χ4n) is 2.92. The van der Waals surface area contributed by atoms with E-state index < -0.39 is 25.1 Å². The molecule has 1 aromatic heterocycles. The van der Waals surface area contributed by atoms with Crippen molar-refractivity contribution in [2.75, 3.05) is 18.5 Å². The number of ether oxygens (including phenoxy) is 2. The molecule has 8 nitrogen and oxygen atoms in total. The zero-order chi connectivity index (χ0) is 19.4. The molecule has 27 heavy (non-hydrogen) atoms. The summed E-state index contributed by atoms with van der Waals surface area (Å²) >= 11 is 0. The first-order chi connectivity index (χ1) is 12.9. The molecule has 3 rings (SSSR count). The van der Waals surface area contributed by atoms with Crippen molar-refractivity contribution in [1.29, 1.82) is 0 Å². The molecular formula is C18H24N3O5P. The van der Waals surface area contributed by atoms with Gasteiger partial charge in [0.25, 0.3) is 0 Å². The van der Waals surface area contributed by atoms with Gasteiger partial charge in [-0.1, -0.05) is 30.3 Å². The summed E-state index contributed by atoms with van der Waals surface area (Å²) in [5.74, 6) is -0.628. The van der Waals surface area contributed by atoms with E-state index in [1.807, 2.05) is 44.2 Å². The lowest BCUT2D eigenvalue weighted by molar-refractivity contribution is -0.0324. The van der Waals surface area contributed by atoms with Gasteiger partial charge in [-0.05, 0) is 25.5 Å². The van der Waals surface area contributed by atoms with Gasteiger partial charge in [0, 0.05) is 6.20 Å². The fraction of sp³-hybridized carbons (Fsp3) is 0.444. The number of nitrogen functional groups attached to an aromatic ring is 1. The van der Waals surface area contributed by atoms with E-state index in [0.29, 0.717) is 6.61 Å². The largest absolute Gasteiger partial charge is 0.383 e. The van der Waals surface area contributed by atoms with Gasteiger partial charge in [0.1, 0.15) is 12.0 Å². The minimum absolute atomic E-state index is 0.0794. The maximum atomic E-state index is 13.4. The van der Waals surface area contributed by atoms with Crippen molar-refractivity contribution in [2.24, 2.45) is 0 Å². The van der Waals surface area contributed by atoms with Crippen LogP contribution in [0.2, 0.25) is 0 Å². The quantitative estimate of drug-likeness (QED) is 0.721. The molecule has 0 saturated carbocycles. The number of hydrogen-bond acceptors (Lipinski definition) is 7. The average Bonchev–Trinajstić information content (AvgIpc) is 2.91. The van der Waals surface area contributed by atoms with E-state index in [0.717, 1.165) is 5.56 Å². The highest BCUT2D eigenvalue weighted by Crippen LogP contribution is 2.61. The summed E-state index contributed by atoms with van der Waals surface area (Å²) in [5, 5.41) is 0. The molecule has 0 amide bonds. The van der Waals surface area contributed by atoms with Gasteiger partial charge in [0.2, 0.25) is 7.37 Å². The van der Waals surface area contributed by atoms with E-state index in [1.54, 1.807) is 0 Å². The van der Waals surface area contributed by atoms with E-state index in [2.05, 4.69) is 4.98 Å². The highest BCUT2D eigenvalue weighted by molar-refractivity contribution is 7.59. The number of nitrogens with two attached hydrogens (primary N) is 1. The van der Waals surface area contributed by atoms with Gasteiger partial charge < -0.3 is 19.7 Å². The summed E-state index contributed by atoms with van der Waals surface area (Å²) in [5.41, 5.74) is 5.98.